The molecule has 3 rings (SSSR count). The maximum Gasteiger partial charge on any atom is 0.265 e. The third kappa shape index (κ3) is 4.88. The quantitative estimate of drug-likeness (QED) is 0.579. The molecule has 0 fully saturated rings. The van der Waals surface area contributed by atoms with Gasteiger partial charge in [-0.25, -0.2) is 0 Å². The zero-order chi connectivity index (χ0) is 21.3. The number of carbonyl (C=O) groups excluding carboxylic acids is 1. The van der Waals surface area contributed by atoms with Crippen LogP contribution < -0.4 is 10.1 Å². The van der Waals surface area contributed by atoms with Gasteiger partial charge in [0.1, 0.15) is 16.8 Å². The normalized spacial score (nSPS) is 17.2. The third-order valence-corrected chi connectivity index (χ3v) is 7.11. The van der Waals surface area contributed by atoms with E-state index in [1.54, 1.807) is 25.1 Å². The van der Waals surface area contributed by atoms with Gasteiger partial charge in [-0.05, 0) is 61.3 Å². The van der Waals surface area contributed by atoms with Crippen LogP contribution in [0.1, 0.15) is 50.1 Å². The molecule has 0 saturated heterocycles. The van der Waals surface area contributed by atoms with E-state index in [2.05, 4.69) is 32.2 Å². The van der Waals surface area contributed by atoms with Gasteiger partial charge in [0.25, 0.3) is 5.91 Å². The Morgan fingerprint density at radius 2 is 2.10 bits per heavy atom. The van der Waals surface area contributed by atoms with Crippen LogP contribution in [-0.2, 0) is 17.6 Å². The summed E-state index contributed by atoms with van der Waals surface area (Å²) in [5.74, 6) is 0.634. The van der Waals surface area contributed by atoms with Gasteiger partial charge in [-0.3, -0.25) is 4.79 Å². The number of ether oxygens (including phenoxy) is 1. The first-order valence-electron chi connectivity index (χ1n) is 9.57. The lowest BCUT2D eigenvalue weighted by molar-refractivity contribution is -0.122. The Morgan fingerprint density at radius 1 is 1.38 bits per heavy atom. The average molecular weight is 451 g/mol. The minimum absolute atomic E-state index is 0.220. The number of hydrogen-bond acceptors (Lipinski definition) is 4. The molecule has 1 aliphatic rings. The number of nitrogens with one attached hydrogen (secondary N) is 1. The van der Waals surface area contributed by atoms with Crippen molar-refractivity contribution in [3.8, 4) is 11.8 Å². The van der Waals surface area contributed by atoms with Crippen molar-refractivity contribution in [2.45, 2.75) is 53.1 Å². The molecule has 0 saturated carbocycles. The molecular formula is C22H24Cl2N2O2S. The monoisotopic (exact) mass is 450 g/mol. The highest BCUT2D eigenvalue weighted by Gasteiger charge is 2.32. The fourth-order valence-corrected chi connectivity index (χ4v) is 5.29. The standard InChI is InChI=1S/C22H24Cl2N2O2S/c1-12(28-18-8-6-14(23)10-17(18)24)20(27)26-21-16(11-25)15-7-5-13(22(2,3)4)9-19(15)29-21/h6,8,10,12-13H,5,7,9H2,1-4H3,(H,26,27). The Morgan fingerprint density at radius 3 is 2.72 bits per heavy atom. The third-order valence-electron chi connectivity index (χ3n) is 5.41. The van der Waals surface area contributed by atoms with E-state index >= 15 is 0 Å². The molecule has 1 N–H and O–H groups in total. The summed E-state index contributed by atoms with van der Waals surface area (Å²) in [6.07, 6.45) is 2.10. The Hall–Kier alpha value is -1.74. The minimum Gasteiger partial charge on any atom is -0.479 e. The molecule has 1 heterocycles. The van der Waals surface area contributed by atoms with Gasteiger partial charge in [-0.1, -0.05) is 44.0 Å². The van der Waals surface area contributed by atoms with Crippen LogP contribution in [0.3, 0.4) is 0 Å². The number of hydrogen-bond donors (Lipinski definition) is 1. The summed E-state index contributed by atoms with van der Waals surface area (Å²) in [6.45, 7) is 8.41. The van der Waals surface area contributed by atoms with Crippen LogP contribution in [0, 0.1) is 22.7 Å². The number of benzene rings is 1. The first kappa shape index (κ1) is 22.0. The number of nitriles is 1. The molecule has 4 nitrogen and oxygen atoms in total. The number of carbonyl (C=O) groups is 1. The second-order valence-electron chi connectivity index (χ2n) is 8.45. The first-order chi connectivity index (χ1) is 13.6. The van der Waals surface area contributed by atoms with Gasteiger partial charge in [-0.15, -0.1) is 11.3 Å². The zero-order valence-corrected chi connectivity index (χ0v) is 19.3. The molecule has 154 valence electrons. The van der Waals surface area contributed by atoms with Crippen LogP contribution in [0.4, 0.5) is 5.00 Å². The smallest absolute Gasteiger partial charge is 0.265 e. The molecule has 2 unspecified atom stereocenters. The van der Waals surface area contributed by atoms with Crippen LogP contribution >= 0.6 is 34.5 Å². The van der Waals surface area contributed by atoms with Crippen molar-refractivity contribution in [1.29, 1.82) is 5.26 Å². The number of thiophene rings is 1. The van der Waals surface area contributed by atoms with Crippen LogP contribution in [0.5, 0.6) is 5.75 Å². The zero-order valence-electron chi connectivity index (χ0n) is 16.9. The lowest BCUT2D eigenvalue weighted by atomic mass is 9.72. The molecular weight excluding hydrogens is 427 g/mol. The second-order valence-corrected chi connectivity index (χ2v) is 10.4. The van der Waals surface area contributed by atoms with Gasteiger partial charge in [0.15, 0.2) is 6.10 Å². The number of nitrogens with zero attached hydrogens (tertiary/aromatic N) is 1. The van der Waals surface area contributed by atoms with Gasteiger partial charge in [0, 0.05) is 9.90 Å². The lowest BCUT2D eigenvalue weighted by Crippen LogP contribution is -2.30. The van der Waals surface area contributed by atoms with Crippen molar-refractivity contribution >= 4 is 45.4 Å². The molecule has 1 aliphatic carbocycles. The number of amides is 1. The molecule has 1 amide bonds. The van der Waals surface area contributed by atoms with E-state index in [4.69, 9.17) is 27.9 Å². The fourth-order valence-electron chi connectivity index (χ4n) is 3.56. The maximum atomic E-state index is 12.7. The molecule has 1 aromatic heterocycles. The van der Waals surface area contributed by atoms with Crippen molar-refractivity contribution in [2.24, 2.45) is 11.3 Å². The molecule has 0 spiro atoms. The Labute approximate surface area is 185 Å². The maximum absolute atomic E-state index is 12.7. The van der Waals surface area contributed by atoms with Gasteiger partial charge >= 0.3 is 0 Å². The highest BCUT2D eigenvalue weighted by Crippen LogP contribution is 2.44. The molecule has 2 aromatic rings. The minimum atomic E-state index is -0.776. The van der Waals surface area contributed by atoms with Crippen LogP contribution in [-0.4, -0.2) is 12.0 Å². The lowest BCUT2D eigenvalue weighted by Gasteiger charge is -2.33. The van der Waals surface area contributed by atoms with Gasteiger partial charge in [0.05, 0.1) is 10.6 Å². The predicted octanol–water partition coefficient (Wildman–Crippen LogP) is 6.48. The van der Waals surface area contributed by atoms with Crippen molar-refractivity contribution in [1.82, 2.24) is 0 Å². The fraction of sp³-hybridized carbons (Fsp3) is 0.455. The van der Waals surface area contributed by atoms with Gasteiger partial charge in [0.2, 0.25) is 0 Å². The summed E-state index contributed by atoms with van der Waals surface area (Å²) in [7, 11) is 0. The van der Waals surface area contributed by atoms with Crippen molar-refractivity contribution in [3.05, 3.63) is 44.2 Å². The molecule has 29 heavy (non-hydrogen) atoms. The Balaban J connectivity index is 1.75. The van der Waals surface area contributed by atoms with Crippen LogP contribution in [0.15, 0.2) is 18.2 Å². The number of rotatable bonds is 4. The first-order valence-corrected chi connectivity index (χ1v) is 11.1. The number of halogens is 2. The summed E-state index contributed by atoms with van der Waals surface area (Å²) < 4.78 is 5.69. The molecule has 2 atom stereocenters. The van der Waals surface area contributed by atoms with E-state index in [1.165, 1.54) is 16.2 Å². The van der Waals surface area contributed by atoms with E-state index in [0.717, 1.165) is 24.8 Å². The molecule has 0 radical (unpaired) electrons. The van der Waals surface area contributed by atoms with Crippen molar-refractivity contribution in [2.75, 3.05) is 5.32 Å². The summed E-state index contributed by atoms with van der Waals surface area (Å²) in [4.78, 5) is 13.9. The van der Waals surface area contributed by atoms with Crippen LogP contribution in [0.2, 0.25) is 10.0 Å². The van der Waals surface area contributed by atoms with E-state index in [9.17, 15) is 10.1 Å². The van der Waals surface area contributed by atoms with Gasteiger partial charge < -0.3 is 10.1 Å². The molecule has 0 aliphatic heterocycles. The number of fused-ring (bicyclic) bond motifs is 1. The van der Waals surface area contributed by atoms with E-state index in [1.807, 2.05) is 0 Å². The largest absolute Gasteiger partial charge is 0.479 e. The van der Waals surface area contributed by atoms with E-state index < -0.39 is 6.10 Å². The Bertz CT molecular complexity index is 972. The average Bonchev–Trinajstić information content (AvgIpc) is 2.99. The predicted molar refractivity (Wildman–Crippen MR) is 119 cm³/mol. The summed E-state index contributed by atoms with van der Waals surface area (Å²) >= 11 is 13.5. The molecule has 7 heteroatoms. The second kappa shape index (κ2) is 8.55. The number of anilines is 1. The van der Waals surface area contributed by atoms with Gasteiger partial charge in [-0.2, -0.15) is 5.26 Å². The summed E-state index contributed by atoms with van der Waals surface area (Å²) in [6, 6.07) is 7.13. The van der Waals surface area contributed by atoms with E-state index in [0.29, 0.717) is 32.3 Å². The summed E-state index contributed by atoms with van der Waals surface area (Å²) in [5.41, 5.74) is 1.89. The van der Waals surface area contributed by atoms with Crippen molar-refractivity contribution < 1.29 is 9.53 Å². The molecule has 1 aromatic carbocycles. The summed E-state index contributed by atoms with van der Waals surface area (Å²) in [5, 5.41) is 14.0. The highest BCUT2D eigenvalue weighted by atomic mass is 35.5. The molecule has 0 bridgehead atoms. The van der Waals surface area contributed by atoms with Crippen molar-refractivity contribution in [3.63, 3.8) is 0 Å². The van der Waals surface area contributed by atoms with Crippen LogP contribution in [0.25, 0.3) is 0 Å². The SMILES string of the molecule is CC(Oc1ccc(Cl)cc1Cl)C(=O)Nc1sc2c(c1C#N)CCC(C(C)(C)C)C2. The highest BCUT2D eigenvalue weighted by molar-refractivity contribution is 7.16. The van der Waals surface area contributed by atoms with E-state index in [-0.39, 0.29) is 11.3 Å². The Kier molecular flexibility index (Phi) is 6.48. The topological polar surface area (TPSA) is 62.1 Å².